The Morgan fingerprint density at radius 1 is 1.55 bits per heavy atom. The zero-order valence-electron chi connectivity index (χ0n) is 6.50. The van der Waals surface area contributed by atoms with Crippen molar-refractivity contribution in [3.63, 3.8) is 0 Å². The Balaban J connectivity index is 2.82. The minimum atomic E-state index is 0.678. The Hall–Kier alpha value is -1.31. The minimum absolute atomic E-state index is 0.678. The van der Waals surface area contributed by atoms with Crippen LogP contribution in [0, 0.1) is 5.41 Å². The van der Waals surface area contributed by atoms with Gasteiger partial charge in [0.05, 0.1) is 7.11 Å². The van der Waals surface area contributed by atoms with Crippen LogP contribution < -0.4 is 4.74 Å². The second-order valence-electron chi connectivity index (χ2n) is 2.26. The molecule has 1 aromatic carbocycles. The number of benzene rings is 1. The van der Waals surface area contributed by atoms with Crippen molar-refractivity contribution in [1.29, 1.82) is 5.41 Å². The van der Waals surface area contributed by atoms with Gasteiger partial charge in [-0.3, -0.25) is 0 Å². The highest BCUT2D eigenvalue weighted by atomic mass is 16.5. The molecule has 0 aromatic heterocycles. The zero-order valence-corrected chi connectivity index (χ0v) is 6.50. The van der Waals surface area contributed by atoms with Gasteiger partial charge in [-0.25, -0.2) is 0 Å². The van der Waals surface area contributed by atoms with Gasteiger partial charge in [-0.15, -0.1) is 0 Å². The lowest BCUT2D eigenvalue weighted by Gasteiger charge is -2.00. The first kappa shape index (κ1) is 7.79. The molecule has 1 N–H and O–H groups in total. The Labute approximate surface area is 66.3 Å². The first-order chi connectivity index (χ1) is 5.36. The Morgan fingerprint density at radius 2 is 2.36 bits per heavy atom. The van der Waals surface area contributed by atoms with Crippen LogP contribution in [0.5, 0.6) is 5.75 Å². The lowest BCUT2D eigenvalue weighted by atomic mass is 10.1. The quantitative estimate of drug-likeness (QED) is 0.654. The molecule has 1 aromatic rings. The summed E-state index contributed by atoms with van der Waals surface area (Å²) in [5.41, 5.74) is 1.11. The molecule has 0 unspecified atom stereocenters. The van der Waals surface area contributed by atoms with Gasteiger partial charge in [0.1, 0.15) is 5.75 Å². The van der Waals surface area contributed by atoms with Crippen molar-refractivity contribution in [2.24, 2.45) is 0 Å². The van der Waals surface area contributed by atoms with E-state index >= 15 is 0 Å². The molecule has 0 radical (unpaired) electrons. The van der Waals surface area contributed by atoms with Crippen LogP contribution in [0.1, 0.15) is 5.56 Å². The first-order valence-corrected chi connectivity index (χ1v) is 3.48. The Bertz CT molecular complexity index is 245. The summed E-state index contributed by atoms with van der Waals surface area (Å²) in [5.74, 6) is 0.851. The van der Waals surface area contributed by atoms with Crippen molar-refractivity contribution in [3.8, 4) is 5.75 Å². The van der Waals surface area contributed by atoms with Crippen molar-refractivity contribution in [1.82, 2.24) is 0 Å². The van der Waals surface area contributed by atoms with E-state index in [4.69, 9.17) is 10.1 Å². The highest BCUT2D eigenvalue weighted by molar-refractivity contribution is 5.58. The maximum atomic E-state index is 6.90. The predicted molar refractivity (Wildman–Crippen MR) is 45.5 cm³/mol. The van der Waals surface area contributed by atoms with E-state index in [1.54, 1.807) is 7.11 Å². The summed E-state index contributed by atoms with van der Waals surface area (Å²) in [6.45, 7) is 0. The number of nitrogens with one attached hydrogen (secondary N) is 1. The topological polar surface area (TPSA) is 33.1 Å². The number of rotatable bonds is 3. The van der Waals surface area contributed by atoms with Gasteiger partial charge >= 0.3 is 0 Å². The molecule has 1 rings (SSSR count). The second kappa shape index (κ2) is 3.76. The van der Waals surface area contributed by atoms with E-state index in [9.17, 15) is 0 Å². The highest BCUT2D eigenvalue weighted by Crippen LogP contribution is 2.11. The monoisotopic (exact) mass is 149 g/mol. The summed E-state index contributed by atoms with van der Waals surface area (Å²) >= 11 is 0. The van der Waals surface area contributed by atoms with E-state index in [0.717, 1.165) is 11.3 Å². The minimum Gasteiger partial charge on any atom is -0.497 e. The molecule has 2 heteroatoms. The fraction of sp³-hybridized carbons (Fsp3) is 0.222. The standard InChI is InChI=1S/C9H11NO/c1-11-9-4-2-3-8(7-9)5-6-10/h2-4,6-7,10H,5H2,1H3. The molecule has 58 valence electrons. The highest BCUT2D eigenvalue weighted by Gasteiger charge is 1.92. The number of ether oxygens (including phenoxy) is 1. The maximum Gasteiger partial charge on any atom is 0.119 e. The van der Waals surface area contributed by atoms with Gasteiger partial charge in [-0.2, -0.15) is 0 Å². The molecule has 0 amide bonds. The van der Waals surface area contributed by atoms with Crippen LogP contribution in [0.4, 0.5) is 0 Å². The molecular formula is C9H11NO. The molecule has 11 heavy (non-hydrogen) atoms. The molecule has 0 fully saturated rings. The third kappa shape index (κ3) is 2.08. The SMILES string of the molecule is COc1cccc(CC=N)c1. The summed E-state index contributed by atoms with van der Waals surface area (Å²) in [7, 11) is 1.64. The van der Waals surface area contributed by atoms with Gasteiger partial charge in [0.25, 0.3) is 0 Å². The molecule has 0 aliphatic carbocycles. The number of hydrogen-bond donors (Lipinski definition) is 1. The van der Waals surface area contributed by atoms with Crippen molar-refractivity contribution < 1.29 is 4.74 Å². The average Bonchev–Trinajstić information content (AvgIpc) is 2.06. The summed E-state index contributed by atoms with van der Waals surface area (Å²) in [4.78, 5) is 0. The van der Waals surface area contributed by atoms with E-state index < -0.39 is 0 Å². The molecule has 0 bridgehead atoms. The average molecular weight is 149 g/mol. The summed E-state index contributed by atoms with van der Waals surface area (Å²) in [6, 6.07) is 7.74. The van der Waals surface area contributed by atoms with Crippen molar-refractivity contribution in [2.75, 3.05) is 7.11 Å². The fourth-order valence-electron chi connectivity index (χ4n) is 0.917. The van der Waals surface area contributed by atoms with Crippen LogP contribution in [-0.4, -0.2) is 13.3 Å². The van der Waals surface area contributed by atoms with Crippen LogP contribution in [0.15, 0.2) is 24.3 Å². The van der Waals surface area contributed by atoms with Crippen LogP contribution in [0.25, 0.3) is 0 Å². The van der Waals surface area contributed by atoms with Gasteiger partial charge in [0.2, 0.25) is 0 Å². The van der Waals surface area contributed by atoms with Gasteiger partial charge in [-0.1, -0.05) is 12.1 Å². The van der Waals surface area contributed by atoms with Gasteiger partial charge in [0, 0.05) is 6.42 Å². The van der Waals surface area contributed by atoms with Crippen molar-refractivity contribution in [3.05, 3.63) is 29.8 Å². The van der Waals surface area contributed by atoms with Gasteiger partial charge in [-0.05, 0) is 23.9 Å². The van der Waals surface area contributed by atoms with E-state index in [0.29, 0.717) is 6.42 Å². The van der Waals surface area contributed by atoms with Crippen molar-refractivity contribution >= 4 is 6.21 Å². The molecule has 2 nitrogen and oxygen atoms in total. The van der Waals surface area contributed by atoms with E-state index in [-0.39, 0.29) is 0 Å². The largest absolute Gasteiger partial charge is 0.497 e. The summed E-state index contributed by atoms with van der Waals surface area (Å²) < 4.78 is 5.03. The molecular weight excluding hydrogens is 138 g/mol. The third-order valence-corrected chi connectivity index (χ3v) is 1.47. The van der Waals surface area contributed by atoms with E-state index in [2.05, 4.69) is 0 Å². The molecule has 0 saturated heterocycles. The zero-order chi connectivity index (χ0) is 8.10. The van der Waals surface area contributed by atoms with Crippen LogP contribution in [0.3, 0.4) is 0 Å². The van der Waals surface area contributed by atoms with Gasteiger partial charge < -0.3 is 10.1 Å². The lowest BCUT2D eigenvalue weighted by Crippen LogP contribution is -1.87. The predicted octanol–water partition coefficient (Wildman–Crippen LogP) is 1.89. The molecule has 0 heterocycles. The van der Waals surface area contributed by atoms with Crippen molar-refractivity contribution in [2.45, 2.75) is 6.42 Å². The number of methoxy groups -OCH3 is 1. The van der Waals surface area contributed by atoms with E-state index in [1.807, 2.05) is 24.3 Å². The Morgan fingerprint density at radius 3 is 3.00 bits per heavy atom. The van der Waals surface area contributed by atoms with E-state index in [1.165, 1.54) is 6.21 Å². The fourth-order valence-corrected chi connectivity index (χ4v) is 0.917. The molecule has 0 spiro atoms. The first-order valence-electron chi connectivity index (χ1n) is 3.48. The van der Waals surface area contributed by atoms with Crippen LogP contribution in [-0.2, 0) is 6.42 Å². The molecule has 0 aliphatic heterocycles. The molecule has 0 aliphatic rings. The van der Waals surface area contributed by atoms with Crippen LogP contribution >= 0.6 is 0 Å². The normalized spacial score (nSPS) is 9.18. The van der Waals surface area contributed by atoms with Gasteiger partial charge in [0.15, 0.2) is 0 Å². The smallest absolute Gasteiger partial charge is 0.119 e. The Kier molecular flexibility index (Phi) is 2.66. The lowest BCUT2D eigenvalue weighted by molar-refractivity contribution is 0.414. The molecule has 0 atom stereocenters. The number of hydrogen-bond acceptors (Lipinski definition) is 2. The van der Waals surface area contributed by atoms with Crippen LogP contribution in [0.2, 0.25) is 0 Å². The maximum absolute atomic E-state index is 6.90. The third-order valence-electron chi connectivity index (χ3n) is 1.47. The molecule has 0 saturated carbocycles. The summed E-state index contributed by atoms with van der Waals surface area (Å²) in [5, 5.41) is 6.90. The summed E-state index contributed by atoms with van der Waals surface area (Å²) in [6.07, 6.45) is 2.06. The second-order valence-corrected chi connectivity index (χ2v) is 2.26.